The number of hydrogen-bond acceptors (Lipinski definition) is 6. The van der Waals surface area contributed by atoms with E-state index in [0.717, 1.165) is 0 Å². The number of ketones is 1. The summed E-state index contributed by atoms with van der Waals surface area (Å²) < 4.78 is 41.6. The third-order valence-electron chi connectivity index (χ3n) is 4.73. The third-order valence-corrected chi connectivity index (χ3v) is 5.02. The lowest BCUT2D eigenvalue weighted by Gasteiger charge is -2.12. The number of alkyl halides is 1. The van der Waals surface area contributed by atoms with Crippen molar-refractivity contribution in [2.45, 2.75) is 13.8 Å². The number of Topliss-reactive ketones (excluding diaryl/α,β-unsaturated/α-hetero) is 1. The molecule has 1 heterocycles. The lowest BCUT2D eigenvalue weighted by molar-refractivity contribution is 0.0902. The van der Waals surface area contributed by atoms with Gasteiger partial charge < -0.3 is 19.5 Å². The van der Waals surface area contributed by atoms with Crippen molar-refractivity contribution in [1.82, 2.24) is 10.3 Å². The van der Waals surface area contributed by atoms with Gasteiger partial charge in [-0.3, -0.25) is 9.59 Å². The minimum absolute atomic E-state index is 0.0732. The van der Waals surface area contributed by atoms with Gasteiger partial charge in [-0.15, -0.1) is 0 Å². The molecular formula is C26H27ClF2N2O5. The topological polar surface area (TPSA) is 86.8 Å². The fourth-order valence-electron chi connectivity index (χ4n) is 3.05. The van der Waals surface area contributed by atoms with Gasteiger partial charge in [-0.25, -0.2) is 13.8 Å². The number of amides is 1. The summed E-state index contributed by atoms with van der Waals surface area (Å²) in [6, 6.07) is 11.4. The van der Waals surface area contributed by atoms with Crippen LogP contribution >= 0.6 is 11.6 Å². The summed E-state index contributed by atoms with van der Waals surface area (Å²) in [6.45, 7) is 2.87. The van der Waals surface area contributed by atoms with Crippen molar-refractivity contribution in [3.05, 3.63) is 70.6 Å². The van der Waals surface area contributed by atoms with Crippen LogP contribution in [0.15, 0.2) is 48.5 Å². The van der Waals surface area contributed by atoms with E-state index in [2.05, 4.69) is 10.3 Å². The number of benzene rings is 2. The van der Waals surface area contributed by atoms with Crippen molar-refractivity contribution in [2.75, 3.05) is 34.0 Å². The van der Waals surface area contributed by atoms with Gasteiger partial charge >= 0.3 is 0 Å². The van der Waals surface area contributed by atoms with Crippen LogP contribution in [-0.2, 0) is 0 Å². The monoisotopic (exact) mass is 520 g/mol. The van der Waals surface area contributed by atoms with Crippen LogP contribution in [0.2, 0.25) is 5.02 Å². The number of methoxy groups -OCH3 is 2. The molecule has 36 heavy (non-hydrogen) atoms. The van der Waals surface area contributed by atoms with E-state index >= 15 is 0 Å². The smallest absolute Gasteiger partial charge is 0.251 e. The van der Waals surface area contributed by atoms with E-state index in [1.54, 1.807) is 6.07 Å². The number of aromatic nitrogens is 1. The zero-order valence-electron chi connectivity index (χ0n) is 20.4. The fraction of sp³-hybridized carbons (Fsp3) is 0.269. The van der Waals surface area contributed by atoms with Crippen molar-refractivity contribution < 1.29 is 32.6 Å². The molecule has 0 fully saturated rings. The van der Waals surface area contributed by atoms with E-state index in [1.807, 2.05) is 13.8 Å². The highest BCUT2D eigenvalue weighted by molar-refractivity contribution is 6.31. The van der Waals surface area contributed by atoms with Crippen LogP contribution in [0.1, 0.15) is 34.7 Å². The lowest BCUT2D eigenvalue weighted by atomic mass is 10.1. The summed E-state index contributed by atoms with van der Waals surface area (Å²) in [5, 5.41) is 2.43. The molecule has 3 aromatic rings. The Morgan fingerprint density at radius 3 is 2.31 bits per heavy atom. The van der Waals surface area contributed by atoms with Crippen LogP contribution in [0.4, 0.5) is 8.78 Å². The van der Waals surface area contributed by atoms with E-state index in [4.69, 9.17) is 25.8 Å². The largest absolute Gasteiger partial charge is 0.494 e. The van der Waals surface area contributed by atoms with Crippen LogP contribution in [0.5, 0.6) is 17.2 Å². The Hall–Kier alpha value is -3.72. The third kappa shape index (κ3) is 7.14. The maximum absolute atomic E-state index is 13.5. The Balaban J connectivity index is 0.00000222. The molecule has 10 heteroatoms. The summed E-state index contributed by atoms with van der Waals surface area (Å²) in [7, 11) is 2.83. The molecule has 2 aromatic carbocycles. The molecule has 1 amide bonds. The van der Waals surface area contributed by atoms with Gasteiger partial charge in [-0.2, -0.15) is 0 Å². The van der Waals surface area contributed by atoms with Crippen LogP contribution in [0.25, 0.3) is 11.3 Å². The van der Waals surface area contributed by atoms with Crippen molar-refractivity contribution in [1.29, 1.82) is 0 Å². The van der Waals surface area contributed by atoms with Gasteiger partial charge in [-0.1, -0.05) is 25.4 Å². The van der Waals surface area contributed by atoms with Crippen LogP contribution in [-0.4, -0.2) is 50.7 Å². The normalized spacial score (nSPS) is 10.1. The second-order valence-corrected chi connectivity index (χ2v) is 7.29. The predicted molar refractivity (Wildman–Crippen MR) is 134 cm³/mol. The van der Waals surface area contributed by atoms with Gasteiger partial charge in [-0.05, 0) is 48.5 Å². The molecule has 0 atom stereocenters. The number of nitrogens with one attached hydrogen (secondary N) is 1. The van der Waals surface area contributed by atoms with E-state index in [1.165, 1.54) is 56.7 Å². The number of hydrogen-bond donors (Lipinski definition) is 1. The number of rotatable bonds is 10. The molecule has 0 unspecified atom stereocenters. The first-order valence-corrected chi connectivity index (χ1v) is 11.4. The second-order valence-electron chi connectivity index (χ2n) is 6.89. The molecule has 0 spiro atoms. The van der Waals surface area contributed by atoms with Crippen LogP contribution in [0, 0.1) is 5.82 Å². The molecule has 0 saturated carbocycles. The van der Waals surface area contributed by atoms with E-state index in [9.17, 15) is 18.4 Å². The number of pyridine rings is 1. The molecule has 0 aliphatic carbocycles. The van der Waals surface area contributed by atoms with Gasteiger partial charge in [0, 0.05) is 11.1 Å². The van der Waals surface area contributed by atoms with E-state index in [0.29, 0.717) is 22.8 Å². The number of carbonyl (C=O) groups is 2. The molecule has 0 aliphatic rings. The first-order chi connectivity index (χ1) is 17.4. The van der Waals surface area contributed by atoms with E-state index in [-0.39, 0.29) is 35.2 Å². The molecular weight excluding hydrogens is 494 g/mol. The zero-order chi connectivity index (χ0) is 26.7. The Bertz CT molecular complexity index is 1210. The maximum Gasteiger partial charge on any atom is 0.251 e. The van der Waals surface area contributed by atoms with Gasteiger partial charge in [0.2, 0.25) is 0 Å². The average Bonchev–Trinajstić information content (AvgIpc) is 2.92. The highest BCUT2D eigenvalue weighted by atomic mass is 35.5. The summed E-state index contributed by atoms with van der Waals surface area (Å²) >= 11 is 5.87. The summed E-state index contributed by atoms with van der Waals surface area (Å²) in [4.78, 5) is 29.5. The lowest BCUT2D eigenvalue weighted by Crippen LogP contribution is -2.30. The molecule has 0 bridgehead atoms. The van der Waals surface area contributed by atoms with Gasteiger partial charge in [0.1, 0.15) is 36.2 Å². The standard InChI is InChI=1S/C24H21ClF2N2O5.C2H6/c1-32-21-8-6-18(29-23(21)14-3-5-17(27)16(25)11-14)19(30)13-28-24(31)15-4-7-20(34-10-9-26)22(12-15)33-2;1-2/h3-8,11-12H,9-10,13H2,1-2H3,(H,28,31);1-2H3. The molecule has 3 rings (SSSR count). The Morgan fingerprint density at radius 2 is 1.67 bits per heavy atom. The average molecular weight is 521 g/mol. The first-order valence-electron chi connectivity index (χ1n) is 11.1. The Kier molecular flexibility index (Phi) is 11.1. The highest BCUT2D eigenvalue weighted by Gasteiger charge is 2.17. The van der Waals surface area contributed by atoms with E-state index < -0.39 is 24.2 Å². The zero-order valence-corrected chi connectivity index (χ0v) is 21.1. The SMILES string of the molecule is CC.COc1cc(C(=O)NCC(=O)c2ccc(OC)c(-c3ccc(F)c(Cl)c3)n2)ccc1OCCF. The van der Waals surface area contributed by atoms with Crippen molar-refractivity contribution >= 4 is 23.3 Å². The van der Waals surface area contributed by atoms with Crippen molar-refractivity contribution in [3.63, 3.8) is 0 Å². The summed E-state index contributed by atoms with van der Waals surface area (Å²) in [6.07, 6.45) is 0. The molecule has 0 aliphatic heterocycles. The quantitative estimate of drug-likeness (QED) is 0.353. The second kappa shape index (κ2) is 14.0. The number of halogens is 3. The van der Waals surface area contributed by atoms with Gasteiger partial charge in [0.05, 0.1) is 25.8 Å². The molecule has 0 saturated heterocycles. The predicted octanol–water partition coefficient (Wildman–Crippen LogP) is 5.55. The fourth-order valence-corrected chi connectivity index (χ4v) is 3.23. The Labute approximate surface area is 213 Å². The van der Waals surface area contributed by atoms with Crippen molar-refractivity contribution in [2.24, 2.45) is 0 Å². The van der Waals surface area contributed by atoms with Crippen LogP contribution < -0.4 is 19.5 Å². The van der Waals surface area contributed by atoms with Crippen LogP contribution in [0.3, 0.4) is 0 Å². The first kappa shape index (κ1) is 28.5. The van der Waals surface area contributed by atoms with Gasteiger partial charge in [0.15, 0.2) is 17.3 Å². The molecule has 7 nitrogen and oxygen atoms in total. The number of carbonyl (C=O) groups excluding carboxylic acids is 2. The minimum atomic E-state index is -0.664. The summed E-state index contributed by atoms with van der Waals surface area (Å²) in [5.74, 6) is -0.651. The number of ether oxygens (including phenoxy) is 3. The summed E-state index contributed by atoms with van der Waals surface area (Å²) in [5.41, 5.74) is 1.06. The molecule has 0 radical (unpaired) electrons. The minimum Gasteiger partial charge on any atom is -0.494 e. The maximum atomic E-state index is 13.5. The Morgan fingerprint density at radius 1 is 0.972 bits per heavy atom. The molecule has 1 aromatic heterocycles. The number of nitrogens with zero attached hydrogens (tertiary/aromatic N) is 1. The highest BCUT2D eigenvalue weighted by Crippen LogP contribution is 2.31. The van der Waals surface area contributed by atoms with Crippen molar-refractivity contribution in [3.8, 4) is 28.5 Å². The van der Waals surface area contributed by atoms with Gasteiger partial charge in [0.25, 0.3) is 5.91 Å². The molecule has 192 valence electrons. The molecule has 1 N–H and O–H groups in total.